The molecular weight excluding hydrogens is 412 g/mol. The van der Waals surface area contributed by atoms with Crippen LogP contribution in [0, 0.1) is 28.6 Å². The lowest BCUT2D eigenvalue weighted by Crippen LogP contribution is -2.66. The first-order chi connectivity index (χ1) is 15.1. The van der Waals surface area contributed by atoms with E-state index in [1.807, 2.05) is 0 Å². The number of carboxylic acid groups (broad SMARTS) is 1. The van der Waals surface area contributed by atoms with Crippen LogP contribution in [0.2, 0.25) is 0 Å². The van der Waals surface area contributed by atoms with Gasteiger partial charge in [-0.1, -0.05) is 18.6 Å². The molecule has 0 saturated heterocycles. The zero-order chi connectivity index (χ0) is 22.9. The minimum Gasteiger partial charge on any atom is -0.481 e. The van der Waals surface area contributed by atoms with Crippen LogP contribution in [0.15, 0.2) is 23.3 Å². The van der Waals surface area contributed by atoms with Crippen LogP contribution in [0.5, 0.6) is 0 Å². The molecule has 1 heterocycles. The molecule has 0 amide bonds. The largest absolute Gasteiger partial charge is 0.481 e. The van der Waals surface area contributed by atoms with E-state index in [4.69, 9.17) is 9.47 Å². The van der Waals surface area contributed by atoms with E-state index in [2.05, 4.69) is 13.0 Å². The number of allylic oxidation sites excluding steroid dienone is 2. The maximum absolute atomic E-state index is 12.8. The van der Waals surface area contributed by atoms with Crippen molar-refractivity contribution in [3.63, 3.8) is 0 Å². The Morgan fingerprint density at radius 2 is 1.97 bits per heavy atom. The van der Waals surface area contributed by atoms with Gasteiger partial charge in [-0.15, -0.1) is 0 Å². The molecule has 7 nitrogen and oxygen atoms in total. The molecule has 0 aromatic rings. The summed E-state index contributed by atoms with van der Waals surface area (Å²) in [6.45, 7) is 3.95. The van der Waals surface area contributed by atoms with Gasteiger partial charge in [0.1, 0.15) is 18.1 Å². The number of fused-ring (bicyclic) bond motifs is 5. The van der Waals surface area contributed by atoms with Crippen molar-refractivity contribution in [2.24, 2.45) is 28.6 Å². The van der Waals surface area contributed by atoms with E-state index >= 15 is 0 Å². The normalized spacial score (nSPS) is 45.0. The van der Waals surface area contributed by atoms with Gasteiger partial charge in [0.25, 0.3) is 0 Å². The van der Waals surface area contributed by atoms with E-state index in [1.165, 1.54) is 12.5 Å². The molecule has 174 valence electrons. The molecular formula is C25H32O7. The maximum atomic E-state index is 12.8. The van der Waals surface area contributed by atoms with Crippen molar-refractivity contribution in [1.82, 2.24) is 0 Å². The van der Waals surface area contributed by atoms with Crippen molar-refractivity contribution >= 4 is 17.9 Å². The molecule has 0 bridgehead atoms. The molecule has 4 aliphatic carbocycles. The topological polar surface area (TPSA) is 110 Å². The average molecular weight is 445 g/mol. The van der Waals surface area contributed by atoms with Crippen LogP contribution in [0.1, 0.15) is 65.2 Å². The molecule has 2 N–H and O–H groups in total. The van der Waals surface area contributed by atoms with Gasteiger partial charge in [-0.2, -0.15) is 0 Å². The summed E-state index contributed by atoms with van der Waals surface area (Å²) in [7, 11) is 0. The van der Waals surface area contributed by atoms with Gasteiger partial charge in [0, 0.05) is 19.4 Å². The Balaban J connectivity index is 1.46. The molecule has 0 spiro atoms. The highest BCUT2D eigenvalue weighted by atomic mass is 16.5. The number of esters is 2. The summed E-state index contributed by atoms with van der Waals surface area (Å²) in [5.74, 6) is -1.42. The van der Waals surface area contributed by atoms with Crippen LogP contribution >= 0.6 is 0 Å². The van der Waals surface area contributed by atoms with E-state index < -0.39 is 29.1 Å². The number of hydrogen-bond donors (Lipinski definition) is 2. The van der Waals surface area contributed by atoms with Crippen LogP contribution in [0.3, 0.4) is 0 Å². The van der Waals surface area contributed by atoms with Crippen LogP contribution in [-0.2, 0) is 23.9 Å². The lowest BCUT2D eigenvalue weighted by Gasteiger charge is -2.61. The van der Waals surface area contributed by atoms with E-state index in [0.29, 0.717) is 25.9 Å². The Hall–Kier alpha value is -2.15. The van der Waals surface area contributed by atoms with E-state index in [-0.39, 0.29) is 35.6 Å². The first-order valence-corrected chi connectivity index (χ1v) is 11.8. The number of carbonyl (C=O) groups excluding carboxylic acids is 2. The molecule has 5 rings (SSSR count). The molecule has 1 aliphatic heterocycles. The van der Waals surface area contributed by atoms with Gasteiger partial charge in [-0.25, -0.2) is 4.79 Å². The first kappa shape index (κ1) is 21.7. The van der Waals surface area contributed by atoms with Crippen LogP contribution in [-0.4, -0.2) is 46.4 Å². The molecule has 5 aliphatic rings. The lowest BCUT2D eigenvalue weighted by atomic mass is 9.43. The van der Waals surface area contributed by atoms with Crippen LogP contribution in [0.25, 0.3) is 0 Å². The number of aliphatic hydroxyl groups is 1. The number of aliphatic carboxylic acids is 1. The maximum Gasteiger partial charge on any atom is 0.331 e. The zero-order valence-electron chi connectivity index (χ0n) is 18.8. The zero-order valence-corrected chi connectivity index (χ0v) is 18.8. The van der Waals surface area contributed by atoms with Crippen molar-refractivity contribution in [3.05, 3.63) is 23.3 Å². The molecule has 0 aromatic carbocycles. The number of carboxylic acids is 1. The smallest absolute Gasteiger partial charge is 0.331 e. The van der Waals surface area contributed by atoms with Gasteiger partial charge in [0.05, 0.1) is 5.60 Å². The number of ether oxygens (including phenoxy) is 2. The third-order valence-electron chi connectivity index (χ3n) is 9.47. The van der Waals surface area contributed by atoms with Crippen molar-refractivity contribution in [2.45, 2.75) is 76.9 Å². The first-order valence-electron chi connectivity index (χ1n) is 11.8. The number of carbonyl (C=O) groups is 3. The Morgan fingerprint density at radius 3 is 2.62 bits per heavy atom. The molecule has 0 unspecified atom stereocenters. The third kappa shape index (κ3) is 2.86. The second-order valence-electron chi connectivity index (χ2n) is 10.8. The summed E-state index contributed by atoms with van der Waals surface area (Å²) in [6, 6.07) is 0. The molecule has 32 heavy (non-hydrogen) atoms. The Labute approximate surface area is 187 Å². The van der Waals surface area contributed by atoms with Gasteiger partial charge in [0.15, 0.2) is 0 Å². The standard InChI is InChI=1S/C25H32O7/c1-14(26)32-16-5-10-25(22(28)29)20-7-8-23(2)18(15-11-21(27)31-13-15)3-4-19(23)17(20)6-9-24(25,30)12-16/h4,11,16-18,20,30H,3,5-10,12-13H2,1-2H3,(H,28,29)/t16-,17+,18+,20-,23+,24-,25-/m1/s1. The van der Waals surface area contributed by atoms with Crippen molar-refractivity contribution < 1.29 is 34.1 Å². The third-order valence-corrected chi connectivity index (χ3v) is 9.47. The highest BCUT2D eigenvalue weighted by Crippen LogP contribution is 2.68. The van der Waals surface area contributed by atoms with Gasteiger partial charge in [0.2, 0.25) is 0 Å². The van der Waals surface area contributed by atoms with Gasteiger partial charge in [-0.3, -0.25) is 9.59 Å². The average Bonchev–Trinajstić information content (AvgIpc) is 3.28. The molecule has 0 radical (unpaired) electrons. The fourth-order valence-electron chi connectivity index (χ4n) is 8.14. The molecule has 0 aromatic heterocycles. The Kier molecular flexibility index (Phi) is 4.86. The Morgan fingerprint density at radius 1 is 1.19 bits per heavy atom. The summed E-state index contributed by atoms with van der Waals surface area (Å²) < 4.78 is 10.6. The highest BCUT2D eigenvalue weighted by molar-refractivity contribution is 5.85. The van der Waals surface area contributed by atoms with E-state index in [0.717, 1.165) is 31.3 Å². The minimum absolute atomic E-state index is 0.106. The van der Waals surface area contributed by atoms with Gasteiger partial charge in [-0.05, 0) is 73.7 Å². The molecule has 7 heteroatoms. The fraction of sp³-hybridized carbons (Fsp3) is 0.720. The second kappa shape index (κ2) is 7.17. The van der Waals surface area contributed by atoms with E-state index in [1.54, 1.807) is 6.08 Å². The van der Waals surface area contributed by atoms with Crippen LogP contribution in [0.4, 0.5) is 0 Å². The predicted molar refractivity (Wildman–Crippen MR) is 113 cm³/mol. The van der Waals surface area contributed by atoms with Crippen molar-refractivity contribution in [3.8, 4) is 0 Å². The van der Waals surface area contributed by atoms with Gasteiger partial charge < -0.3 is 19.7 Å². The highest BCUT2D eigenvalue weighted by Gasteiger charge is 2.69. The quantitative estimate of drug-likeness (QED) is 0.508. The Bertz CT molecular complexity index is 935. The molecule has 7 atom stereocenters. The monoisotopic (exact) mass is 444 g/mol. The second-order valence-corrected chi connectivity index (χ2v) is 10.8. The predicted octanol–water partition coefficient (Wildman–Crippen LogP) is 3.16. The molecule has 3 fully saturated rings. The van der Waals surface area contributed by atoms with Gasteiger partial charge >= 0.3 is 17.9 Å². The van der Waals surface area contributed by atoms with Crippen LogP contribution < -0.4 is 0 Å². The number of cyclic esters (lactones) is 1. The van der Waals surface area contributed by atoms with E-state index in [9.17, 15) is 24.6 Å². The minimum atomic E-state index is -1.38. The summed E-state index contributed by atoms with van der Waals surface area (Å²) in [5, 5.41) is 22.2. The summed E-state index contributed by atoms with van der Waals surface area (Å²) in [6.07, 6.45) is 7.95. The SMILES string of the molecule is CC(=O)O[C@@H]1CC[C@]2(C(=O)O)[C@@H]3CC[C@]4(C)C(=CC[C@H]4C4=CC(=O)OC4)[C@@H]3CC[C@@]2(O)C1. The van der Waals surface area contributed by atoms with Crippen molar-refractivity contribution in [1.29, 1.82) is 0 Å². The number of rotatable bonds is 3. The van der Waals surface area contributed by atoms with Crippen molar-refractivity contribution in [2.75, 3.05) is 6.61 Å². The lowest BCUT2D eigenvalue weighted by molar-refractivity contribution is -0.225. The molecule has 3 saturated carbocycles. The summed E-state index contributed by atoms with van der Waals surface area (Å²) in [4.78, 5) is 36.0. The number of hydrogen-bond acceptors (Lipinski definition) is 6. The summed E-state index contributed by atoms with van der Waals surface area (Å²) in [5.41, 5.74) is -0.351. The fourth-order valence-corrected chi connectivity index (χ4v) is 8.14. The summed E-state index contributed by atoms with van der Waals surface area (Å²) >= 11 is 0.